The first-order valence-corrected chi connectivity index (χ1v) is 9.10. The van der Waals surface area contributed by atoms with Crippen molar-refractivity contribution >= 4 is 17.3 Å². The molecule has 1 aliphatic carbocycles. The average Bonchev–Trinajstić information content (AvgIpc) is 3.52. The topological polar surface area (TPSA) is 100 Å². The number of amides is 1. The van der Waals surface area contributed by atoms with E-state index in [9.17, 15) is 14.9 Å². The molecule has 1 aromatic carbocycles. The summed E-state index contributed by atoms with van der Waals surface area (Å²) in [4.78, 5) is 30.1. The predicted octanol–water partition coefficient (Wildman–Crippen LogP) is 2.35. The number of carbonyl (C=O) groups is 1. The SMILES string of the molecule is O=C(c1ccc(NC2CC2)c([N+](=O)[O-])c1)N1CCNCC1c1cccnc1. The molecule has 2 N–H and O–H groups in total. The van der Waals surface area contributed by atoms with Gasteiger partial charge in [-0.25, -0.2) is 0 Å². The highest BCUT2D eigenvalue weighted by Crippen LogP contribution is 2.32. The van der Waals surface area contributed by atoms with Crippen LogP contribution >= 0.6 is 0 Å². The van der Waals surface area contributed by atoms with Gasteiger partial charge in [-0.1, -0.05) is 6.07 Å². The van der Waals surface area contributed by atoms with Gasteiger partial charge in [0.15, 0.2) is 0 Å². The van der Waals surface area contributed by atoms with Gasteiger partial charge in [0.05, 0.1) is 11.0 Å². The lowest BCUT2D eigenvalue weighted by molar-refractivity contribution is -0.384. The van der Waals surface area contributed by atoms with E-state index < -0.39 is 4.92 Å². The third kappa shape index (κ3) is 3.75. The van der Waals surface area contributed by atoms with Crippen LogP contribution in [0.4, 0.5) is 11.4 Å². The molecule has 0 bridgehead atoms. The van der Waals surface area contributed by atoms with Gasteiger partial charge in [-0.15, -0.1) is 0 Å². The Balaban J connectivity index is 1.62. The summed E-state index contributed by atoms with van der Waals surface area (Å²) >= 11 is 0. The molecule has 8 heteroatoms. The number of nitrogens with one attached hydrogen (secondary N) is 2. The summed E-state index contributed by atoms with van der Waals surface area (Å²) in [7, 11) is 0. The highest BCUT2D eigenvalue weighted by atomic mass is 16.6. The summed E-state index contributed by atoms with van der Waals surface area (Å²) in [5.74, 6) is -0.202. The quantitative estimate of drug-likeness (QED) is 0.621. The Labute approximate surface area is 156 Å². The molecule has 4 rings (SSSR count). The van der Waals surface area contributed by atoms with Crippen molar-refractivity contribution in [2.45, 2.75) is 24.9 Å². The number of aromatic nitrogens is 1. The molecular formula is C19H21N5O3. The third-order valence-electron chi connectivity index (χ3n) is 4.95. The van der Waals surface area contributed by atoms with E-state index in [1.165, 1.54) is 6.07 Å². The van der Waals surface area contributed by atoms with Crippen LogP contribution in [0.3, 0.4) is 0 Å². The van der Waals surface area contributed by atoms with E-state index in [1.807, 2.05) is 12.1 Å². The molecule has 2 aliphatic rings. The molecule has 2 fully saturated rings. The van der Waals surface area contributed by atoms with E-state index in [0.29, 0.717) is 36.9 Å². The number of carbonyl (C=O) groups excluding carboxylic acids is 1. The molecule has 1 unspecified atom stereocenters. The molecule has 27 heavy (non-hydrogen) atoms. The molecule has 1 saturated carbocycles. The monoisotopic (exact) mass is 367 g/mol. The van der Waals surface area contributed by atoms with Crippen molar-refractivity contribution in [2.24, 2.45) is 0 Å². The molecule has 8 nitrogen and oxygen atoms in total. The Morgan fingerprint density at radius 2 is 2.19 bits per heavy atom. The number of anilines is 1. The zero-order chi connectivity index (χ0) is 18.8. The van der Waals surface area contributed by atoms with E-state index in [4.69, 9.17) is 0 Å². The number of piperazine rings is 1. The summed E-state index contributed by atoms with van der Waals surface area (Å²) in [6.45, 7) is 1.85. The molecule has 2 heterocycles. The zero-order valence-electron chi connectivity index (χ0n) is 14.8. The second kappa shape index (κ2) is 7.32. The van der Waals surface area contributed by atoms with Gasteiger partial charge in [0.2, 0.25) is 0 Å². The summed E-state index contributed by atoms with van der Waals surface area (Å²) in [5, 5.41) is 17.9. The number of hydrogen-bond donors (Lipinski definition) is 2. The van der Waals surface area contributed by atoms with Crippen LogP contribution in [0.25, 0.3) is 0 Å². The van der Waals surface area contributed by atoms with Crippen molar-refractivity contribution in [3.63, 3.8) is 0 Å². The number of pyridine rings is 1. The number of rotatable bonds is 5. The fraction of sp³-hybridized carbons (Fsp3) is 0.368. The number of nitro groups is 1. The number of hydrogen-bond acceptors (Lipinski definition) is 6. The lowest BCUT2D eigenvalue weighted by atomic mass is 10.0. The second-order valence-electron chi connectivity index (χ2n) is 6.91. The van der Waals surface area contributed by atoms with E-state index in [2.05, 4.69) is 15.6 Å². The molecule has 1 atom stereocenters. The summed E-state index contributed by atoms with van der Waals surface area (Å²) in [5.41, 5.74) is 1.70. The number of nitrogens with zero attached hydrogens (tertiary/aromatic N) is 3. The smallest absolute Gasteiger partial charge is 0.293 e. The van der Waals surface area contributed by atoms with Crippen LogP contribution in [0.2, 0.25) is 0 Å². The van der Waals surface area contributed by atoms with Gasteiger partial charge in [0.1, 0.15) is 5.69 Å². The van der Waals surface area contributed by atoms with Crippen molar-refractivity contribution in [3.05, 3.63) is 64.0 Å². The van der Waals surface area contributed by atoms with Gasteiger partial charge in [-0.2, -0.15) is 0 Å². The van der Waals surface area contributed by atoms with E-state index in [1.54, 1.807) is 29.4 Å². The van der Waals surface area contributed by atoms with E-state index in [0.717, 1.165) is 18.4 Å². The predicted molar refractivity (Wildman–Crippen MR) is 101 cm³/mol. The Bertz CT molecular complexity index is 854. The van der Waals surface area contributed by atoms with Crippen LogP contribution in [-0.4, -0.2) is 46.4 Å². The van der Waals surface area contributed by atoms with E-state index in [-0.39, 0.29) is 17.6 Å². The van der Waals surface area contributed by atoms with Crippen LogP contribution in [0.15, 0.2) is 42.7 Å². The maximum atomic E-state index is 13.1. The normalized spacial score (nSPS) is 19.6. The highest BCUT2D eigenvalue weighted by molar-refractivity contribution is 5.96. The summed E-state index contributed by atoms with van der Waals surface area (Å²) in [6.07, 6.45) is 5.49. The maximum Gasteiger partial charge on any atom is 0.293 e. The van der Waals surface area contributed by atoms with Gasteiger partial charge in [-0.3, -0.25) is 19.9 Å². The van der Waals surface area contributed by atoms with Gasteiger partial charge in [-0.05, 0) is 36.6 Å². The molecule has 2 aromatic rings. The molecule has 1 amide bonds. The Hall–Kier alpha value is -3.00. The molecule has 1 aromatic heterocycles. The molecule has 1 aliphatic heterocycles. The van der Waals surface area contributed by atoms with Crippen LogP contribution < -0.4 is 10.6 Å². The Morgan fingerprint density at radius 1 is 1.33 bits per heavy atom. The summed E-state index contributed by atoms with van der Waals surface area (Å²) < 4.78 is 0. The second-order valence-corrected chi connectivity index (χ2v) is 6.91. The van der Waals surface area contributed by atoms with Crippen LogP contribution in [0.1, 0.15) is 34.8 Å². The summed E-state index contributed by atoms with van der Waals surface area (Å²) in [6, 6.07) is 8.63. The van der Waals surface area contributed by atoms with Gasteiger partial charge in [0.25, 0.3) is 11.6 Å². The Kier molecular flexibility index (Phi) is 4.72. The standard InChI is InChI=1S/C19H21N5O3/c25-19(23-9-8-21-12-18(23)14-2-1-7-20-11-14)13-3-6-16(22-15-4-5-15)17(10-13)24(26)27/h1-3,6-7,10-11,15,18,21-22H,4-5,8-9,12H2. The molecule has 140 valence electrons. The molecule has 1 saturated heterocycles. The van der Waals surface area contributed by atoms with Crippen LogP contribution in [0.5, 0.6) is 0 Å². The van der Waals surface area contributed by atoms with Gasteiger partial charge in [0, 0.05) is 49.7 Å². The van der Waals surface area contributed by atoms with Gasteiger partial charge >= 0.3 is 0 Å². The first-order chi connectivity index (χ1) is 13.1. The first kappa shape index (κ1) is 17.4. The van der Waals surface area contributed by atoms with Gasteiger partial charge < -0.3 is 15.5 Å². The largest absolute Gasteiger partial charge is 0.377 e. The number of benzene rings is 1. The minimum absolute atomic E-state index is 0.0548. The van der Waals surface area contributed by atoms with Crippen molar-refractivity contribution in [1.82, 2.24) is 15.2 Å². The van der Waals surface area contributed by atoms with Crippen LogP contribution in [0, 0.1) is 10.1 Å². The molecule has 0 radical (unpaired) electrons. The lowest BCUT2D eigenvalue weighted by Crippen LogP contribution is -2.48. The van der Waals surface area contributed by atoms with Crippen molar-refractivity contribution in [2.75, 3.05) is 25.0 Å². The van der Waals surface area contributed by atoms with Crippen molar-refractivity contribution in [3.8, 4) is 0 Å². The maximum absolute atomic E-state index is 13.1. The lowest BCUT2D eigenvalue weighted by Gasteiger charge is -2.36. The Morgan fingerprint density at radius 3 is 2.89 bits per heavy atom. The van der Waals surface area contributed by atoms with E-state index >= 15 is 0 Å². The minimum Gasteiger partial charge on any atom is -0.377 e. The first-order valence-electron chi connectivity index (χ1n) is 9.10. The fourth-order valence-corrected chi connectivity index (χ4v) is 3.37. The minimum atomic E-state index is -0.433. The fourth-order valence-electron chi connectivity index (χ4n) is 3.37. The number of nitro benzene ring substituents is 1. The van der Waals surface area contributed by atoms with Crippen molar-refractivity contribution < 1.29 is 9.72 Å². The molecular weight excluding hydrogens is 346 g/mol. The third-order valence-corrected chi connectivity index (χ3v) is 4.95. The zero-order valence-corrected chi connectivity index (χ0v) is 14.8. The highest BCUT2D eigenvalue weighted by Gasteiger charge is 2.31. The molecule has 0 spiro atoms. The average molecular weight is 367 g/mol. The van der Waals surface area contributed by atoms with Crippen molar-refractivity contribution in [1.29, 1.82) is 0 Å². The van der Waals surface area contributed by atoms with Crippen LogP contribution in [-0.2, 0) is 0 Å².